The number of β-lactam (4-membered cyclic amide) rings is 1. The first-order valence-corrected chi connectivity index (χ1v) is 23.4. The number of urea groups is 1. The van der Waals surface area contributed by atoms with Gasteiger partial charge in [0.25, 0.3) is 5.91 Å². The molecule has 5 heterocycles. The quantitative estimate of drug-likeness (QED) is 0.0248. The molecule has 0 bridgehead atoms. The SMILES string of the molecule is CCN1CCN(C(=O)N[C@@H](C(=O)N[C@]2(NC=O)C(=O)N3C(C(=O)OC(c4ccccc4)c4ccccc4)=C(CSc4cc[n+](N(C)C(=O)c5ccco5)cc4)CS[C@@H]32)c2ccccc2)C(=O)C1=O. The number of fused-ring (bicyclic) bond motifs is 1. The van der Waals surface area contributed by atoms with Gasteiger partial charge in [-0.3, -0.25) is 38.6 Å². The van der Waals surface area contributed by atoms with Gasteiger partial charge in [-0.2, -0.15) is 0 Å². The van der Waals surface area contributed by atoms with Gasteiger partial charge in [0.1, 0.15) is 17.1 Å². The lowest BCUT2D eigenvalue weighted by atomic mass is 9.94. The molecule has 0 spiro atoms. The molecule has 3 N–H and O–H groups in total. The van der Waals surface area contributed by atoms with E-state index in [0.29, 0.717) is 16.7 Å². The number of benzene rings is 3. The van der Waals surface area contributed by atoms with Crippen LogP contribution in [0.25, 0.3) is 0 Å². The van der Waals surface area contributed by atoms with Gasteiger partial charge >= 0.3 is 29.7 Å². The third-order valence-corrected chi connectivity index (χ3v) is 14.0. The zero-order chi connectivity index (χ0) is 48.0. The Balaban J connectivity index is 1.09. The Morgan fingerprint density at radius 1 is 0.882 bits per heavy atom. The average Bonchev–Trinajstić information content (AvgIpc) is 3.93. The van der Waals surface area contributed by atoms with E-state index in [0.717, 1.165) is 9.80 Å². The molecule has 68 heavy (non-hydrogen) atoms. The highest BCUT2D eigenvalue weighted by Crippen LogP contribution is 2.47. The standard InChI is InChI=1S/C48H44N8O10S2/c1-3-53-25-26-55(43(61)42(53)60)47(64)50-37(31-14-7-4-8-15-31)40(58)51-48(49-30-57)45(63)56-38(44(62)66-39(32-16-9-5-10-17-32)33-18-11-6-12-19-33)34(29-68-46(48)56)28-67-35-21-23-54(24-22-35)52(2)41(59)36-20-13-27-65-36/h4-24,27,30,37,39,46H,3,25-26,28-29H2,1-2H3,(H2-,49,50,51,57,58,64)/p+1/t37-,46-,48-/m1/s1. The van der Waals surface area contributed by atoms with Gasteiger partial charge in [0.05, 0.1) is 13.3 Å². The number of pyridine rings is 1. The van der Waals surface area contributed by atoms with Crippen molar-refractivity contribution in [3.8, 4) is 0 Å². The van der Waals surface area contributed by atoms with Gasteiger partial charge in [0.15, 0.2) is 11.9 Å². The van der Waals surface area contributed by atoms with Crippen LogP contribution in [0.4, 0.5) is 4.79 Å². The summed E-state index contributed by atoms with van der Waals surface area (Å²) in [4.78, 5) is 113. The van der Waals surface area contributed by atoms with Crippen LogP contribution in [-0.2, 0) is 33.5 Å². The highest BCUT2D eigenvalue weighted by molar-refractivity contribution is 8.01. The predicted octanol–water partition coefficient (Wildman–Crippen LogP) is 3.27. The molecule has 0 unspecified atom stereocenters. The summed E-state index contributed by atoms with van der Waals surface area (Å²) >= 11 is 2.56. The number of imide groups is 1. The minimum atomic E-state index is -2.12. The van der Waals surface area contributed by atoms with Gasteiger partial charge in [-0.15, -0.1) is 28.5 Å². The summed E-state index contributed by atoms with van der Waals surface area (Å²) in [5.41, 5.74) is -0.0512. The van der Waals surface area contributed by atoms with Crippen molar-refractivity contribution in [1.82, 2.24) is 30.7 Å². The highest BCUT2D eigenvalue weighted by atomic mass is 32.2. The fraction of sp³-hybridized carbons (Fsp3) is 0.229. The Morgan fingerprint density at radius 3 is 2.10 bits per heavy atom. The molecule has 8 rings (SSSR count). The lowest BCUT2D eigenvalue weighted by molar-refractivity contribution is -0.679. The molecule has 20 heteroatoms. The van der Waals surface area contributed by atoms with E-state index in [1.165, 1.54) is 44.6 Å². The number of hydrogen-bond acceptors (Lipinski definition) is 12. The number of furan rings is 1. The summed E-state index contributed by atoms with van der Waals surface area (Å²) in [7, 11) is 1.60. The minimum Gasteiger partial charge on any atom is -0.459 e. The third kappa shape index (κ3) is 9.32. The lowest BCUT2D eigenvalue weighted by Crippen LogP contribution is -2.85. The van der Waals surface area contributed by atoms with Gasteiger partial charge in [0.2, 0.25) is 30.4 Å². The first-order chi connectivity index (χ1) is 32.9. The molecule has 0 aliphatic carbocycles. The summed E-state index contributed by atoms with van der Waals surface area (Å²) in [5.74, 6) is -4.39. The Bertz CT molecular complexity index is 2710. The summed E-state index contributed by atoms with van der Waals surface area (Å²) in [6.45, 7) is 1.95. The zero-order valence-electron chi connectivity index (χ0n) is 36.7. The maximum absolute atomic E-state index is 14.8. The number of ether oxygens (including phenoxy) is 1. The van der Waals surface area contributed by atoms with E-state index in [1.54, 1.807) is 85.6 Å². The molecule has 3 atom stereocenters. The van der Waals surface area contributed by atoms with Crippen molar-refractivity contribution in [3.63, 3.8) is 0 Å². The molecule has 3 aliphatic heterocycles. The summed E-state index contributed by atoms with van der Waals surface area (Å²) in [6.07, 6.45) is 4.18. The van der Waals surface area contributed by atoms with E-state index in [-0.39, 0.29) is 60.5 Å². The number of thioether (sulfide) groups is 2. The number of aromatic nitrogens is 1. The van der Waals surface area contributed by atoms with Crippen LogP contribution in [0.1, 0.15) is 46.3 Å². The number of amides is 8. The van der Waals surface area contributed by atoms with Gasteiger partial charge in [-0.25, -0.2) is 9.59 Å². The number of hydrogen-bond donors (Lipinski definition) is 3. The number of likely N-dealkylation sites (N-methyl/N-ethyl adjacent to an activating group) is 1. The zero-order valence-corrected chi connectivity index (χ0v) is 38.3. The topological polar surface area (TPSA) is 212 Å². The fourth-order valence-electron chi connectivity index (χ4n) is 7.96. The molecule has 0 saturated carbocycles. The summed E-state index contributed by atoms with van der Waals surface area (Å²) in [6, 6.07) is 30.5. The molecule has 2 fully saturated rings. The van der Waals surface area contributed by atoms with Crippen molar-refractivity contribution in [2.24, 2.45) is 0 Å². The Hall–Kier alpha value is -7.71. The molecule has 3 aromatic carbocycles. The summed E-state index contributed by atoms with van der Waals surface area (Å²) < 4.78 is 13.2. The molecule has 5 aromatic rings. The minimum absolute atomic E-state index is 0.0715. The fourth-order valence-corrected chi connectivity index (χ4v) is 10.4. The van der Waals surface area contributed by atoms with E-state index in [9.17, 15) is 38.4 Å². The monoisotopic (exact) mass is 957 g/mol. The Labute approximate surface area is 398 Å². The second-order valence-electron chi connectivity index (χ2n) is 15.6. The normalized spacial score (nSPS) is 18.3. The molecule has 8 amide bonds. The number of nitrogens with zero attached hydrogens (tertiary/aromatic N) is 5. The second-order valence-corrected chi connectivity index (χ2v) is 17.7. The number of nitrogens with one attached hydrogen (secondary N) is 3. The first-order valence-electron chi connectivity index (χ1n) is 21.4. The van der Waals surface area contributed by atoms with E-state index < -0.39 is 58.8 Å². The second kappa shape index (κ2) is 20.4. The van der Waals surface area contributed by atoms with E-state index in [4.69, 9.17) is 9.15 Å². The molecular formula is C48H45N8O10S2+. The summed E-state index contributed by atoms with van der Waals surface area (Å²) in [5, 5.41) is 8.03. The average molecular weight is 958 g/mol. The van der Waals surface area contributed by atoms with Crippen LogP contribution in [0.3, 0.4) is 0 Å². The van der Waals surface area contributed by atoms with Crippen LogP contribution >= 0.6 is 23.5 Å². The molecule has 0 radical (unpaired) electrons. The maximum atomic E-state index is 14.8. The third-order valence-electron chi connectivity index (χ3n) is 11.5. The Kier molecular flexibility index (Phi) is 14.1. The van der Waals surface area contributed by atoms with Crippen molar-refractivity contribution in [2.75, 3.05) is 43.2 Å². The first kappa shape index (κ1) is 46.8. The van der Waals surface area contributed by atoms with Crippen LogP contribution in [0.2, 0.25) is 0 Å². The van der Waals surface area contributed by atoms with Crippen LogP contribution in [0.5, 0.6) is 0 Å². The van der Waals surface area contributed by atoms with Crippen molar-refractivity contribution in [2.45, 2.75) is 35.0 Å². The Morgan fingerprint density at radius 2 is 1.51 bits per heavy atom. The van der Waals surface area contributed by atoms with Gasteiger partial charge in [-0.05, 0) is 41.3 Å². The predicted molar refractivity (Wildman–Crippen MR) is 247 cm³/mol. The lowest BCUT2D eigenvalue weighted by Gasteiger charge is -2.57. The van der Waals surface area contributed by atoms with E-state index in [2.05, 4.69) is 16.0 Å². The molecule has 3 aliphatic rings. The molecule has 2 aromatic heterocycles. The number of carbonyl (C=O) groups excluding carboxylic acids is 8. The smallest absolute Gasteiger partial charge is 0.356 e. The van der Waals surface area contributed by atoms with E-state index in [1.807, 2.05) is 60.7 Å². The van der Waals surface area contributed by atoms with Crippen LogP contribution in [0.15, 0.2) is 155 Å². The molecule has 2 saturated heterocycles. The van der Waals surface area contributed by atoms with Crippen LogP contribution in [-0.4, -0.2) is 112 Å². The van der Waals surface area contributed by atoms with Crippen molar-refractivity contribution in [1.29, 1.82) is 0 Å². The van der Waals surface area contributed by atoms with E-state index >= 15 is 0 Å². The van der Waals surface area contributed by atoms with Gasteiger partial charge < -0.3 is 30.0 Å². The number of carbonyl (C=O) groups is 8. The number of esters is 1. The van der Waals surface area contributed by atoms with Crippen molar-refractivity contribution >= 4 is 71.5 Å². The van der Waals surface area contributed by atoms with Gasteiger partial charge in [-0.1, -0.05) is 95.7 Å². The molecule has 348 valence electrons. The molecular weight excluding hydrogens is 913 g/mol. The van der Waals surface area contributed by atoms with Crippen LogP contribution < -0.4 is 25.6 Å². The number of piperazine rings is 1. The van der Waals surface area contributed by atoms with Crippen molar-refractivity contribution in [3.05, 3.63) is 168 Å². The van der Waals surface area contributed by atoms with Gasteiger partial charge in [0, 0.05) is 48.2 Å². The van der Waals surface area contributed by atoms with Crippen LogP contribution in [0, 0.1) is 0 Å². The number of rotatable bonds is 16. The highest BCUT2D eigenvalue weighted by Gasteiger charge is 2.66. The van der Waals surface area contributed by atoms with Crippen molar-refractivity contribution < 1.29 is 52.2 Å². The largest absolute Gasteiger partial charge is 0.459 e. The molecule has 18 nitrogen and oxygen atoms in total. The maximum Gasteiger partial charge on any atom is 0.356 e.